The van der Waals surface area contributed by atoms with Crippen LogP contribution < -0.4 is 0 Å². The third-order valence-corrected chi connectivity index (χ3v) is 4.13. The van der Waals surface area contributed by atoms with Crippen LogP contribution >= 0.6 is 0 Å². The highest BCUT2D eigenvalue weighted by atomic mass is 16.7. The predicted octanol–water partition coefficient (Wildman–Crippen LogP) is 3.94. The zero-order chi connectivity index (χ0) is 18.2. The van der Waals surface area contributed by atoms with Crippen molar-refractivity contribution >= 4 is 5.97 Å². The molecule has 0 N–H and O–H groups in total. The average molecular weight is 356 g/mol. The number of ether oxygens (including phenoxy) is 4. The molecule has 138 valence electrons. The zero-order valence-corrected chi connectivity index (χ0v) is 14.9. The van der Waals surface area contributed by atoms with Gasteiger partial charge in [0.15, 0.2) is 6.29 Å². The van der Waals surface area contributed by atoms with Crippen LogP contribution in [0.1, 0.15) is 42.4 Å². The van der Waals surface area contributed by atoms with Gasteiger partial charge in [-0.05, 0) is 11.1 Å². The standard InChI is InChI=1S/C21H24O5/c1-16(22)24-12-7-13-25-21-19-11-6-5-10-18(19)20(26-21)15-23-14-17-8-3-2-4-9-17/h2-6,8-11,20-21H,7,12-15H2,1H3/t20-,21-/m1/s1. The Bertz CT molecular complexity index is 701. The van der Waals surface area contributed by atoms with Crippen LogP contribution in [0.25, 0.3) is 0 Å². The molecule has 2 atom stereocenters. The number of benzene rings is 2. The second kappa shape index (κ2) is 9.48. The molecule has 0 unspecified atom stereocenters. The third kappa shape index (κ3) is 5.14. The fourth-order valence-electron chi connectivity index (χ4n) is 2.90. The van der Waals surface area contributed by atoms with Crippen LogP contribution in [0, 0.1) is 0 Å². The molecule has 26 heavy (non-hydrogen) atoms. The van der Waals surface area contributed by atoms with Crippen molar-refractivity contribution in [1.82, 2.24) is 0 Å². The van der Waals surface area contributed by atoms with Crippen LogP contribution in [-0.4, -0.2) is 25.8 Å². The second-order valence-corrected chi connectivity index (χ2v) is 6.15. The molecular formula is C21H24O5. The van der Waals surface area contributed by atoms with Crippen molar-refractivity contribution in [3.05, 3.63) is 71.3 Å². The van der Waals surface area contributed by atoms with E-state index in [0.29, 0.717) is 32.8 Å². The summed E-state index contributed by atoms with van der Waals surface area (Å²) < 4.78 is 22.6. The number of fused-ring (bicyclic) bond motifs is 1. The van der Waals surface area contributed by atoms with E-state index in [9.17, 15) is 4.79 Å². The molecule has 0 saturated heterocycles. The van der Waals surface area contributed by atoms with Crippen molar-refractivity contribution in [1.29, 1.82) is 0 Å². The Morgan fingerprint density at radius 2 is 1.73 bits per heavy atom. The summed E-state index contributed by atoms with van der Waals surface area (Å²) in [4.78, 5) is 10.8. The Hall–Kier alpha value is -2.21. The van der Waals surface area contributed by atoms with Crippen LogP contribution in [0.2, 0.25) is 0 Å². The Kier molecular flexibility index (Phi) is 6.77. The summed E-state index contributed by atoms with van der Waals surface area (Å²) in [5.41, 5.74) is 3.27. The molecule has 0 saturated carbocycles. The highest BCUT2D eigenvalue weighted by Crippen LogP contribution is 2.39. The smallest absolute Gasteiger partial charge is 0.302 e. The van der Waals surface area contributed by atoms with Gasteiger partial charge in [-0.1, -0.05) is 54.6 Å². The largest absolute Gasteiger partial charge is 0.466 e. The van der Waals surface area contributed by atoms with Gasteiger partial charge in [-0.3, -0.25) is 4.79 Å². The quantitative estimate of drug-likeness (QED) is 0.503. The van der Waals surface area contributed by atoms with Gasteiger partial charge < -0.3 is 18.9 Å². The molecule has 1 aliphatic rings. The summed E-state index contributed by atoms with van der Waals surface area (Å²) in [6, 6.07) is 18.1. The monoisotopic (exact) mass is 356 g/mol. The Labute approximate surface area is 153 Å². The minimum absolute atomic E-state index is 0.145. The van der Waals surface area contributed by atoms with E-state index in [1.807, 2.05) is 54.6 Å². The molecule has 5 heteroatoms. The van der Waals surface area contributed by atoms with E-state index < -0.39 is 6.29 Å². The molecule has 0 aromatic heterocycles. The van der Waals surface area contributed by atoms with Gasteiger partial charge in [0, 0.05) is 18.9 Å². The SMILES string of the molecule is CC(=O)OCCCO[C@@H]1O[C@H](COCc2ccccc2)c2ccccc21. The normalized spacial score (nSPS) is 18.5. The fraction of sp³-hybridized carbons (Fsp3) is 0.381. The van der Waals surface area contributed by atoms with Crippen LogP contribution in [0.15, 0.2) is 54.6 Å². The Morgan fingerprint density at radius 3 is 2.50 bits per heavy atom. The van der Waals surface area contributed by atoms with Crippen LogP contribution in [0.3, 0.4) is 0 Å². The van der Waals surface area contributed by atoms with Crippen molar-refractivity contribution in [3.63, 3.8) is 0 Å². The van der Waals surface area contributed by atoms with Crippen molar-refractivity contribution < 1.29 is 23.7 Å². The molecule has 1 aliphatic heterocycles. The van der Waals surface area contributed by atoms with Crippen molar-refractivity contribution in [3.8, 4) is 0 Å². The van der Waals surface area contributed by atoms with Crippen molar-refractivity contribution in [2.45, 2.75) is 32.3 Å². The fourth-order valence-corrected chi connectivity index (χ4v) is 2.90. The molecule has 0 bridgehead atoms. The molecule has 3 rings (SSSR count). The minimum Gasteiger partial charge on any atom is -0.466 e. The molecule has 5 nitrogen and oxygen atoms in total. The first-order valence-corrected chi connectivity index (χ1v) is 8.85. The highest BCUT2D eigenvalue weighted by Gasteiger charge is 2.32. The third-order valence-electron chi connectivity index (χ3n) is 4.13. The number of carbonyl (C=O) groups is 1. The lowest BCUT2D eigenvalue weighted by Crippen LogP contribution is -2.10. The lowest BCUT2D eigenvalue weighted by Gasteiger charge is -2.15. The number of esters is 1. The minimum atomic E-state index is -0.408. The molecule has 2 aromatic rings. The number of hydrogen-bond acceptors (Lipinski definition) is 5. The summed E-state index contributed by atoms with van der Waals surface area (Å²) in [6.45, 7) is 3.24. The Morgan fingerprint density at radius 1 is 1.00 bits per heavy atom. The molecule has 1 heterocycles. The van der Waals surface area contributed by atoms with Gasteiger partial charge in [0.1, 0.15) is 6.10 Å². The molecule has 2 aromatic carbocycles. The topological polar surface area (TPSA) is 54.0 Å². The maximum absolute atomic E-state index is 10.8. The molecule has 0 aliphatic carbocycles. The van der Waals surface area contributed by atoms with Crippen LogP contribution in [-0.2, 0) is 30.3 Å². The summed E-state index contributed by atoms with van der Waals surface area (Å²) in [6.07, 6.45) is 0.0822. The van der Waals surface area contributed by atoms with Crippen LogP contribution in [0.5, 0.6) is 0 Å². The zero-order valence-electron chi connectivity index (χ0n) is 14.9. The summed E-state index contributed by atoms with van der Waals surface area (Å²) in [5, 5.41) is 0. The summed E-state index contributed by atoms with van der Waals surface area (Å²) in [7, 11) is 0. The predicted molar refractivity (Wildman–Crippen MR) is 96.3 cm³/mol. The number of rotatable bonds is 9. The molecule has 0 amide bonds. The maximum Gasteiger partial charge on any atom is 0.302 e. The van der Waals surface area contributed by atoms with E-state index in [4.69, 9.17) is 18.9 Å². The van der Waals surface area contributed by atoms with E-state index in [1.165, 1.54) is 6.92 Å². The molecule has 0 spiro atoms. The van der Waals surface area contributed by atoms with E-state index in [-0.39, 0.29) is 12.1 Å². The van der Waals surface area contributed by atoms with Gasteiger partial charge in [-0.2, -0.15) is 0 Å². The van der Waals surface area contributed by atoms with Gasteiger partial charge in [-0.25, -0.2) is 0 Å². The van der Waals surface area contributed by atoms with Gasteiger partial charge in [-0.15, -0.1) is 0 Å². The first-order valence-electron chi connectivity index (χ1n) is 8.85. The highest BCUT2D eigenvalue weighted by molar-refractivity contribution is 5.65. The van der Waals surface area contributed by atoms with E-state index in [2.05, 4.69) is 0 Å². The lowest BCUT2D eigenvalue weighted by molar-refractivity contribution is -0.174. The van der Waals surface area contributed by atoms with Crippen molar-refractivity contribution in [2.24, 2.45) is 0 Å². The molecular weight excluding hydrogens is 332 g/mol. The molecule has 0 fully saturated rings. The van der Waals surface area contributed by atoms with Gasteiger partial charge >= 0.3 is 5.97 Å². The van der Waals surface area contributed by atoms with Gasteiger partial charge in [0.25, 0.3) is 0 Å². The lowest BCUT2D eigenvalue weighted by atomic mass is 10.1. The number of hydrogen-bond donors (Lipinski definition) is 0. The average Bonchev–Trinajstić information content (AvgIpc) is 3.00. The summed E-state index contributed by atoms with van der Waals surface area (Å²) >= 11 is 0. The second-order valence-electron chi connectivity index (χ2n) is 6.15. The first-order chi connectivity index (χ1) is 12.7. The van der Waals surface area contributed by atoms with E-state index >= 15 is 0 Å². The number of carbonyl (C=O) groups excluding carboxylic acids is 1. The summed E-state index contributed by atoms with van der Waals surface area (Å²) in [5.74, 6) is -0.275. The van der Waals surface area contributed by atoms with Crippen LogP contribution in [0.4, 0.5) is 0 Å². The van der Waals surface area contributed by atoms with Crippen molar-refractivity contribution in [2.75, 3.05) is 19.8 Å². The maximum atomic E-state index is 10.8. The Balaban J connectivity index is 1.49. The first kappa shape index (κ1) is 18.6. The van der Waals surface area contributed by atoms with Gasteiger partial charge in [0.05, 0.1) is 26.4 Å². The van der Waals surface area contributed by atoms with E-state index in [0.717, 1.165) is 16.7 Å². The van der Waals surface area contributed by atoms with Gasteiger partial charge in [0.2, 0.25) is 0 Å². The molecule has 0 radical (unpaired) electrons. The van der Waals surface area contributed by atoms with E-state index in [1.54, 1.807) is 0 Å².